The van der Waals surface area contributed by atoms with Gasteiger partial charge in [0, 0.05) is 6.04 Å². The molecule has 7 nitrogen and oxygen atoms in total. The lowest BCUT2D eigenvalue weighted by atomic mass is 9.95. The molecule has 16 heavy (non-hydrogen) atoms. The van der Waals surface area contributed by atoms with Gasteiger partial charge in [0.1, 0.15) is 0 Å². The van der Waals surface area contributed by atoms with E-state index in [0.717, 1.165) is 25.7 Å². The van der Waals surface area contributed by atoms with Crippen molar-refractivity contribution in [3.05, 3.63) is 20.5 Å². The summed E-state index contributed by atoms with van der Waals surface area (Å²) in [6.45, 7) is 0. The zero-order valence-electron chi connectivity index (χ0n) is 8.78. The van der Waals surface area contributed by atoms with E-state index in [9.17, 15) is 14.9 Å². The lowest BCUT2D eigenvalue weighted by molar-refractivity contribution is -0.388. The van der Waals surface area contributed by atoms with Crippen LogP contribution in [0.25, 0.3) is 0 Å². The van der Waals surface area contributed by atoms with Crippen molar-refractivity contribution in [2.45, 2.75) is 38.1 Å². The molecule has 88 valence electrons. The van der Waals surface area contributed by atoms with E-state index in [-0.39, 0.29) is 17.5 Å². The van der Waals surface area contributed by atoms with E-state index in [1.165, 1.54) is 6.42 Å². The number of anilines is 1. The normalized spacial score (nSPS) is 17.2. The number of hydrogen-bond donors (Lipinski definition) is 3. The number of hydrogen-bond acceptors (Lipinski definition) is 4. The number of rotatable bonds is 3. The topological polar surface area (TPSA) is 104 Å². The zero-order chi connectivity index (χ0) is 11.5. The second-order valence-corrected chi connectivity index (χ2v) is 4.04. The molecule has 1 aromatic rings. The molecule has 0 radical (unpaired) electrons. The summed E-state index contributed by atoms with van der Waals surface area (Å²) in [7, 11) is 0. The van der Waals surface area contributed by atoms with Crippen LogP contribution in [0.5, 0.6) is 0 Å². The summed E-state index contributed by atoms with van der Waals surface area (Å²) in [6, 6.07) is 0.171. The summed E-state index contributed by atoms with van der Waals surface area (Å²) in [4.78, 5) is 21.4. The molecule has 2 rings (SSSR count). The number of nitrogens with zero attached hydrogens (tertiary/aromatic N) is 1. The molecule has 0 amide bonds. The average molecular weight is 226 g/mol. The van der Waals surface area contributed by atoms with E-state index in [1.807, 2.05) is 0 Å². The van der Waals surface area contributed by atoms with Gasteiger partial charge in [-0.05, 0) is 17.8 Å². The Labute approximate surface area is 91.4 Å². The minimum atomic E-state index is -0.594. The largest absolute Gasteiger partial charge is 0.371 e. The molecule has 0 unspecified atom stereocenters. The molecule has 1 aliphatic rings. The Kier molecular flexibility index (Phi) is 2.93. The third-order valence-electron chi connectivity index (χ3n) is 2.89. The Hall–Kier alpha value is -1.79. The summed E-state index contributed by atoms with van der Waals surface area (Å²) in [5, 5.41) is 18.1. The van der Waals surface area contributed by atoms with E-state index in [1.54, 1.807) is 0 Å². The maximum Gasteiger partial charge on any atom is 0.368 e. The predicted molar refractivity (Wildman–Crippen MR) is 58.6 cm³/mol. The Morgan fingerprint density at radius 1 is 1.25 bits per heavy atom. The Morgan fingerprint density at radius 2 is 1.94 bits per heavy atom. The van der Waals surface area contributed by atoms with Crippen LogP contribution in [0.3, 0.4) is 0 Å². The van der Waals surface area contributed by atoms with E-state index in [2.05, 4.69) is 15.5 Å². The van der Waals surface area contributed by atoms with Crippen molar-refractivity contribution >= 4 is 11.5 Å². The fourth-order valence-electron chi connectivity index (χ4n) is 2.07. The van der Waals surface area contributed by atoms with Crippen molar-refractivity contribution < 1.29 is 4.92 Å². The number of H-pyrrole nitrogens is 2. The molecule has 1 fully saturated rings. The second-order valence-electron chi connectivity index (χ2n) is 4.04. The van der Waals surface area contributed by atoms with Gasteiger partial charge in [0.2, 0.25) is 5.69 Å². The maximum atomic E-state index is 11.4. The predicted octanol–water partition coefficient (Wildman–Crippen LogP) is 1.36. The third kappa shape index (κ3) is 2.07. The van der Waals surface area contributed by atoms with Crippen molar-refractivity contribution in [2.24, 2.45) is 0 Å². The highest BCUT2D eigenvalue weighted by Crippen LogP contribution is 2.23. The van der Waals surface area contributed by atoms with Crippen LogP contribution in [0.15, 0.2) is 4.79 Å². The minimum absolute atomic E-state index is 0.0527. The fraction of sp³-hybridized carbons (Fsp3) is 0.667. The summed E-state index contributed by atoms with van der Waals surface area (Å²) in [5.74, 6) is -0.282. The van der Waals surface area contributed by atoms with Gasteiger partial charge in [0.05, 0.1) is 0 Å². The molecular formula is C9H14N4O3. The van der Waals surface area contributed by atoms with Crippen molar-refractivity contribution in [2.75, 3.05) is 5.32 Å². The molecule has 0 atom stereocenters. The lowest BCUT2D eigenvalue weighted by Crippen LogP contribution is -2.25. The van der Waals surface area contributed by atoms with Gasteiger partial charge in [-0.15, -0.1) is 0 Å². The molecule has 1 aliphatic carbocycles. The first-order chi connectivity index (χ1) is 7.68. The number of nitro groups is 1. The quantitative estimate of drug-likeness (QED) is 0.534. The molecular weight excluding hydrogens is 212 g/mol. The highest BCUT2D eigenvalue weighted by atomic mass is 16.6. The van der Waals surface area contributed by atoms with E-state index >= 15 is 0 Å². The zero-order valence-corrected chi connectivity index (χ0v) is 8.78. The van der Waals surface area contributed by atoms with Gasteiger partial charge in [-0.1, -0.05) is 19.3 Å². The van der Waals surface area contributed by atoms with Crippen molar-refractivity contribution in [3.8, 4) is 0 Å². The maximum absolute atomic E-state index is 11.4. The molecule has 0 spiro atoms. The van der Waals surface area contributed by atoms with Gasteiger partial charge in [-0.25, -0.2) is 0 Å². The van der Waals surface area contributed by atoms with Gasteiger partial charge in [-0.2, -0.15) is 10.2 Å². The van der Waals surface area contributed by atoms with Crippen LogP contribution in [-0.4, -0.2) is 21.2 Å². The first kappa shape index (κ1) is 10.7. The summed E-state index contributed by atoms with van der Waals surface area (Å²) < 4.78 is 0. The van der Waals surface area contributed by atoms with E-state index in [4.69, 9.17) is 0 Å². The molecule has 7 heteroatoms. The van der Waals surface area contributed by atoms with Crippen LogP contribution < -0.4 is 10.9 Å². The van der Waals surface area contributed by atoms with Gasteiger partial charge in [0.15, 0.2) is 0 Å². The first-order valence-corrected chi connectivity index (χ1v) is 5.40. The highest BCUT2D eigenvalue weighted by Gasteiger charge is 2.22. The fourth-order valence-corrected chi connectivity index (χ4v) is 2.07. The number of aromatic nitrogens is 2. The van der Waals surface area contributed by atoms with Crippen molar-refractivity contribution in [1.82, 2.24) is 10.2 Å². The van der Waals surface area contributed by atoms with Crippen LogP contribution in [-0.2, 0) is 0 Å². The van der Waals surface area contributed by atoms with Crippen LogP contribution in [0.2, 0.25) is 0 Å². The highest BCUT2D eigenvalue weighted by molar-refractivity contribution is 5.56. The molecule has 0 aliphatic heterocycles. The van der Waals surface area contributed by atoms with E-state index in [0.29, 0.717) is 0 Å². The van der Waals surface area contributed by atoms with Gasteiger partial charge >= 0.3 is 11.4 Å². The molecule has 1 aromatic heterocycles. The van der Waals surface area contributed by atoms with Gasteiger partial charge in [-0.3, -0.25) is 4.79 Å². The van der Waals surface area contributed by atoms with Gasteiger partial charge in [0.25, 0.3) is 0 Å². The summed E-state index contributed by atoms with van der Waals surface area (Å²) in [5.41, 5.74) is -0.408. The third-order valence-corrected chi connectivity index (χ3v) is 2.89. The molecule has 0 saturated heterocycles. The SMILES string of the molecule is O=c1[nH][nH]c([N+](=O)[O-])c1NC1CCCCC1. The van der Waals surface area contributed by atoms with Crippen LogP contribution >= 0.6 is 0 Å². The number of nitrogens with one attached hydrogen (secondary N) is 3. The van der Waals surface area contributed by atoms with E-state index < -0.39 is 10.5 Å². The standard InChI is InChI=1S/C9H14N4O3/c14-9-7(8(11-12-9)13(15)16)10-6-4-2-1-3-5-6/h6,10H,1-5H2,(H2,11,12,14). The average Bonchev–Trinajstić information content (AvgIpc) is 2.62. The first-order valence-electron chi connectivity index (χ1n) is 5.40. The van der Waals surface area contributed by atoms with Crippen molar-refractivity contribution in [3.63, 3.8) is 0 Å². The molecule has 1 heterocycles. The monoisotopic (exact) mass is 226 g/mol. The number of aromatic amines is 2. The summed E-state index contributed by atoms with van der Waals surface area (Å²) in [6.07, 6.45) is 5.33. The molecule has 3 N–H and O–H groups in total. The van der Waals surface area contributed by atoms with Crippen molar-refractivity contribution in [1.29, 1.82) is 0 Å². The smallest absolute Gasteiger partial charge is 0.368 e. The van der Waals surface area contributed by atoms with Gasteiger partial charge < -0.3 is 15.4 Å². The Morgan fingerprint density at radius 3 is 2.56 bits per heavy atom. The molecule has 1 saturated carbocycles. The summed E-state index contributed by atoms with van der Waals surface area (Å²) >= 11 is 0. The minimum Gasteiger partial charge on any atom is -0.371 e. The second kappa shape index (κ2) is 4.38. The lowest BCUT2D eigenvalue weighted by Gasteiger charge is -2.22. The Balaban J connectivity index is 2.16. The molecule has 0 bridgehead atoms. The Bertz CT molecular complexity index is 430. The van der Waals surface area contributed by atoms with Crippen LogP contribution in [0, 0.1) is 10.1 Å². The molecule has 0 aromatic carbocycles. The van der Waals surface area contributed by atoms with Crippen LogP contribution in [0.1, 0.15) is 32.1 Å². The van der Waals surface area contributed by atoms with Crippen LogP contribution in [0.4, 0.5) is 11.5 Å².